The van der Waals surface area contributed by atoms with Crippen LogP contribution in [0.25, 0.3) is 0 Å². The first kappa shape index (κ1) is 13.4. The predicted octanol–water partition coefficient (Wildman–Crippen LogP) is 2.67. The van der Waals surface area contributed by atoms with Gasteiger partial charge in [0.25, 0.3) is 0 Å². The molecule has 2 aromatic rings. The monoisotopic (exact) mass is 250 g/mol. The lowest BCUT2D eigenvalue weighted by Crippen LogP contribution is -2.40. The number of benzene rings is 2. The lowest BCUT2D eigenvalue weighted by atomic mass is 9.84. The highest BCUT2D eigenvalue weighted by atomic mass is 15.2. The Morgan fingerprint density at radius 2 is 1.42 bits per heavy atom. The van der Waals surface area contributed by atoms with Crippen LogP contribution in [-0.4, -0.2) is 6.04 Å². The molecule has 2 aromatic carbocycles. The fourth-order valence-corrected chi connectivity index (χ4v) is 2.38. The maximum Gasteiger partial charge on any atom is 0.0429 e. The minimum atomic E-state index is 0.0230. The maximum absolute atomic E-state index is 5.69. The third-order valence-electron chi connectivity index (χ3n) is 3.27. The molecule has 0 fully saturated rings. The van der Waals surface area contributed by atoms with Gasteiger partial charge in [-0.05, 0) is 11.1 Å². The molecule has 0 amide bonds. The SMILES string of the molecule is C#CCC(NN)C(c1ccccc1)c1ccccc1. The molecule has 0 saturated carbocycles. The van der Waals surface area contributed by atoms with Gasteiger partial charge in [-0.1, -0.05) is 60.7 Å². The summed E-state index contributed by atoms with van der Waals surface area (Å²) in [6.07, 6.45) is 6.04. The molecule has 2 rings (SSSR count). The van der Waals surface area contributed by atoms with E-state index in [-0.39, 0.29) is 12.0 Å². The number of rotatable bonds is 5. The molecule has 0 aromatic heterocycles. The molecule has 0 saturated heterocycles. The number of nitrogens with one attached hydrogen (secondary N) is 1. The Kier molecular flexibility index (Phi) is 4.74. The van der Waals surface area contributed by atoms with Gasteiger partial charge < -0.3 is 0 Å². The normalized spacial score (nSPS) is 12.1. The Bertz CT molecular complexity index is 489. The summed E-state index contributed by atoms with van der Waals surface area (Å²) < 4.78 is 0. The van der Waals surface area contributed by atoms with E-state index in [1.807, 2.05) is 36.4 Å². The number of hydrogen-bond acceptors (Lipinski definition) is 2. The Hall–Kier alpha value is -2.08. The quantitative estimate of drug-likeness (QED) is 0.486. The molecule has 0 radical (unpaired) electrons. The van der Waals surface area contributed by atoms with Crippen molar-refractivity contribution in [3.8, 4) is 12.3 Å². The van der Waals surface area contributed by atoms with Gasteiger partial charge in [0.1, 0.15) is 0 Å². The van der Waals surface area contributed by atoms with E-state index in [4.69, 9.17) is 12.3 Å². The summed E-state index contributed by atoms with van der Waals surface area (Å²) in [4.78, 5) is 0. The molecule has 3 N–H and O–H groups in total. The second-order valence-electron chi connectivity index (χ2n) is 4.48. The zero-order chi connectivity index (χ0) is 13.5. The standard InChI is InChI=1S/C17H18N2/c1-2-9-16(19-18)17(14-10-5-3-6-11-14)15-12-7-4-8-13-15/h1,3-8,10-13,16-17,19H,9,18H2. The molecule has 0 spiro atoms. The largest absolute Gasteiger partial charge is 0.271 e. The number of nitrogens with two attached hydrogens (primary N) is 1. The van der Waals surface area contributed by atoms with Gasteiger partial charge in [0.2, 0.25) is 0 Å². The molecule has 0 aliphatic carbocycles. The Balaban J connectivity index is 2.42. The Morgan fingerprint density at radius 1 is 0.947 bits per heavy atom. The van der Waals surface area contributed by atoms with Crippen LogP contribution in [0.2, 0.25) is 0 Å². The van der Waals surface area contributed by atoms with Gasteiger partial charge >= 0.3 is 0 Å². The van der Waals surface area contributed by atoms with Crippen molar-refractivity contribution in [3.63, 3.8) is 0 Å². The molecule has 1 unspecified atom stereocenters. The summed E-state index contributed by atoms with van der Waals surface area (Å²) >= 11 is 0. The van der Waals surface area contributed by atoms with Crippen LogP contribution in [0.5, 0.6) is 0 Å². The number of hydrazine groups is 1. The van der Waals surface area contributed by atoms with E-state index in [2.05, 4.69) is 35.6 Å². The van der Waals surface area contributed by atoms with E-state index < -0.39 is 0 Å². The van der Waals surface area contributed by atoms with Gasteiger partial charge in [-0.15, -0.1) is 12.3 Å². The first-order valence-corrected chi connectivity index (χ1v) is 6.36. The second-order valence-corrected chi connectivity index (χ2v) is 4.48. The molecule has 0 heterocycles. The van der Waals surface area contributed by atoms with Crippen molar-refractivity contribution >= 4 is 0 Å². The molecule has 2 nitrogen and oxygen atoms in total. The third-order valence-corrected chi connectivity index (χ3v) is 3.27. The van der Waals surface area contributed by atoms with E-state index in [0.29, 0.717) is 6.42 Å². The zero-order valence-corrected chi connectivity index (χ0v) is 10.8. The molecule has 19 heavy (non-hydrogen) atoms. The summed E-state index contributed by atoms with van der Waals surface area (Å²) in [5.41, 5.74) is 5.29. The molecule has 1 atom stereocenters. The lowest BCUT2D eigenvalue weighted by Gasteiger charge is -2.26. The van der Waals surface area contributed by atoms with Gasteiger partial charge in [-0.25, -0.2) is 0 Å². The minimum Gasteiger partial charge on any atom is -0.271 e. The number of terminal acetylenes is 1. The van der Waals surface area contributed by atoms with E-state index in [0.717, 1.165) is 0 Å². The smallest absolute Gasteiger partial charge is 0.0429 e. The topological polar surface area (TPSA) is 38.0 Å². The highest BCUT2D eigenvalue weighted by Crippen LogP contribution is 2.28. The van der Waals surface area contributed by atoms with Crippen molar-refractivity contribution in [3.05, 3.63) is 71.8 Å². The minimum absolute atomic E-state index is 0.0230. The van der Waals surface area contributed by atoms with E-state index in [1.165, 1.54) is 11.1 Å². The van der Waals surface area contributed by atoms with Crippen LogP contribution in [0.1, 0.15) is 23.5 Å². The molecule has 0 aliphatic heterocycles. The average Bonchev–Trinajstić information content (AvgIpc) is 2.49. The summed E-state index contributed by atoms with van der Waals surface area (Å²) in [5, 5.41) is 0. The summed E-state index contributed by atoms with van der Waals surface area (Å²) in [6, 6.07) is 20.6. The lowest BCUT2D eigenvalue weighted by molar-refractivity contribution is 0.488. The zero-order valence-electron chi connectivity index (χ0n) is 10.8. The highest BCUT2D eigenvalue weighted by molar-refractivity contribution is 5.34. The third kappa shape index (κ3) is 3.23. The molecule has 0 bridgehead atoms. The average molecular weight is 250 g/mol. The van der Waals surface area contributed by atoms with Crippen molar-refractivity contribution in [1.82, 2.24) is 5.43 Å². The summed E-state index contributed by atoms with van der Waals surface area (Å²) in [5.74, 6) is 8.54. The highest BCUT2D eigenvalue weighted by Gasteiger charge is 2.23. The fourth-order valence-electron chi connectivity index (χ4n) is 2.38. The molecule has 2 heteroatoms. The van der Waals surface area contributed by atoms with E-state index in [1.54, 1.807) is 0 Å². The van der Waals surface area contributed by atoms with Crippen LogP contribution in [0.3, 0.4) is 0 Å². The molecule has 96 valence electrons. The van der Waals surface area contributed by atoms with Crippen LogP contribution in [0, 0.1) is 12.3 Å². The predicted molar refractivity (Wildman–Crippen MR) is 79.3 cm³/mol. The van der Waals surface area contributed by atoms with Gasteiger partial charge in [-0.2, -0.15) is 0 Å². The van der Waals surface area contributed by atoms with E-state index in [9.17, 15) is 0 Å². The molecular weight excluding hydrogens is 232 g/mol. The van der Waals surface area contributed by atoms with Crippen molar-refractivity contribution in [2.75, 3.05) is 0 Å². The van der Waals surface area contributed by atoms with Crippen LogP contribution in [-0.2, 0) is 0 Å². The fraction of sp³-hybridized carbons (Fsp3) is 0.176. The van der Waals surface area contributed by atoms with Crippen molar-refractivity contribution in [2.45, 2.75) is 18.4 Å². The maximum atomic E-state index is 5.69. The van der Waals surface area contributed by atoms with Crippen LogP contribution < -0.4 is 11.3 Å². The van der Waals surface area contributed by atoms with Crippen molar-refractivity contribution < 1.29 is 0 Å². The van der Waals surface area contributed by atoms with Gasteiger partial charge in [-0.3, -0.25) is 11.3 Å². The van der Waals surface area contributed by atoms with Crippen LogP contribution in [0.4, 0.5) is 0 Å². The number of hydrogen-bond donors (Lipinski definition) is 2. The molecular formula is C17H18N2. The first-order valence-electron chi connectivity index (χ1n) is 6.36. The van der Waals surface area contributed by atoms with E-state index >= 15 is 0 Å². The van der Waals surface area contributed by atoms with Gasteiger partial charge in [0, 0.05) is 18.4 Å². The summed E-state index contributed by atoms with van der Waals surface area (Å²) in [7, 11) is 0. The Labute approximate surface area is 114 Å². The van der Waals surface area contributed by atoms with Crippen LogP contribution >= 0.6 is 0 Å². The second kappa shape index (κ2) is 6.75. The first-order chi connectivity index (χ1) is 9.36. The van der Waals surface area contributed by atoms with Crippen LogP contribution in [0.15, 0.2) is 60.7 Å². The Morgan fingerprint density at radius 3 is 1.79 bits per heavy atom. The van der Waals surface area contributed by atoms with Crippen molar-refractivity contribution in [1.29, 1.82) is 0 Å². The van der Waals surface area contributed by atoms with Gasteiger partial charge in [0.05, 0.1) is 0 Å². The van der Waals surface area contributed by atoms with Crippen molar-refractivity contribution in [2.24, 2.45) is 5.84 Å². The van der Waals surface area contributed by atoms with Gasteiger partial charge in [0.15, 0.2) is 0 Å². The summed E-state index contributed by atoms with van der Waals surface area (Å²) in [6.45, 7) is 0. The molecule has 0 aliphatic rings.